The maximum atomic E-state index is 9.26. The van der Waals surface area contributed by atoms with E-state index in [1.165, 1.54) is 0 Å². The van der Waals surface area contributed by atoms with Gasteiger partial charge in [0.1, 0.15) is 0 Å². The third-order valence-electron chi connectivity index (χ3n) is 2.64. The first kappa shape index (κ1) is 11.6. The average molecular weight is 215 g/mol. The Morgan fingerprint density at radius 2 is 2.07 bits per heavy atom. The highest BCUT2D eigenvalue weighted by atomic mass is 32.1. The van der Waals surface area contributed by atoms with Crippen molar-refractivity contribution >= 4 is 11.3 Å². The summed E-state index contributed by atoms with van der Waals surface area (Å²) >= 11 is 1.60. The van der Waals surface area contributed by atoms with Gasteiger partial charge in [-0.25, -0.2) is 4.98 Å². The lowest BCUT2D eigenvalue weighted by molar-refractivity contribution is 0.0507. The normalized spacial score (nSPS) is 12.0. The molecule has 3 nitrogen and oxygen atoms in total. The number of hydrogen-bond donors (Lipinski definition) is 2. The summed E-state index contributed by atoms with van der Waals surface area (Å²) in [5, 5.41) is 21.5. The third-order valence-corrected chi connectivity index (χ3v) is 3.47. The van der Waals surface area contributed by atoms with Crippen molar-refractivity contribution in [3.8, 4) is 0 Å². The number of aryl methyl sites for hydroxylation is 1. The van der Waals surface area contributed by atoms with Gasteiger partial charge in [0.15, 0.2) is 0 Å². The van der Waals surface area contributed by atoms with Gasteiger partial charge in [0.2, 0.25) is 0 Å². The zero-order chi connectivity index (χ0) is 10.6. The summed E-state index contributed by atoms with van der Waals surface area (Å²) in [6.45, 7) is 3.96. The van der Waals surface area contributed by atoms with Gasteiger partial charge in [0.05, 0.1) is 23.9 Å². The van der Waals surface area contributed by atoms with Crippen LogP contribution in [-0.4, -0.2) is 28.4 Å². The van der Waals surface area contributed by atoms with Crippen LogP contribution in [0, 0.1) is 12.3 Å². The second kappa shape index (κ2) is 4.87. The van der Waals surface area contributed by atoms with Crippen molar-refractivity contribution in [3.63, 3.8) is 0 Å². The summed E-state index contributed by atoms with van der Waals surface area (Å²) in [6, 6.07) is 0. The van der Waals surface area contributed by atoms with Crippen LogP contribution in [0.3, 0.4) is 0 Å². The van der Waals surface area contributed by atoms with Crippen molar-refractivity contribution in [1.82, 2.24) is 4.98 Å². The Labute approximate surface area is 88.4 Å². The summed E-state index contributed by atoms with van der Waals surface area (Å²) in [4.78, 5) is 4.34. The van der Waals surface area contributed by atoms with Crippen LogP contribution in [-0.2, 0) is 6.42 Å². The Kier molecular flexibility index (Phi) is 4.04. The molecular formula is C10H17NO2S. The molecule has 0 saturated carbocycles. The first-order chi connectivity index (χ1) is 6.65. The smallest absolute Gasteiger partial charge is 0.0897 e. The van der Waals surface area contributed by atoms with E-state index < -0.39 is 5.41 Å². The molecule has 0 aromatic carbocycles. The molecule has 0 aliphatic rings. The van der Waals surface area contributed by atoms with Crippen LogP contribution >= 0.6 is 11.3 Å². The maximum Gasteiger partial charge on any atom is 0.0897 e. The van der Waals surface area contributed by atoms with Crippen LogP contribution in [0.5, 0.6) is 0 Å². The predicted molar refractivity (Wildman–Crippen MR) is 57.5 cm³/mol. The van der Waals surface area contributed by atoms with E-state index in [1.54, 1.807) is 11.3 Å². The van der Waals surface area contributed by atoms with Crippen molar-refractivity contribution in [2.75, 3.05) is 13.2 Å². The zero-order valence-electron chi connectivity index (χ0n) is 8.66. The van der Waals surface area contributed by atoms with Crippen molar-refractivity contribution in [3.05, 3.63) is 16.1 Å². The molecule has 0 fully saturated rings. The molecule has 1 aromatic rings. The van der Waals surface area contributed by atoms with Gasteiger partial charge < -0.3 is 10.2 Å². The fraction of sp³-hybridized carbons (Fsp3) is 0.700. The van der Waals surface area contributed by atoms with E-state index in [4.69, 9.17) is 0 Å². The van der Waals surface area contributed by atoms with Gasteiger partial charge in [0, 0.05) is 17.2 Å². The molecule has 80 valence electrons. The summed E-state index contributed by atoms with van der Waals surface area (Å²) in [5.74, 6) is 0. The van der Waals surface area contributed by atoms with Gasteiger partial charge in [0.25, 0.3) is 0 Å². The van der Waals surface area contributed by atoms with Gasteiger partial charge in [-0.05, 0) is 13.3 Å². The van der Waals surface area contributed by atoms with E-state index >= 15 is 0 Å². The molecule has 2 N–H and O–H groups in total. The van der Waals surface area contributed by atoms with E-state index in [9.17, 15) is 10.2 Å². The maximum absolute atomic E-state index is 9.26. The summed E-state index contributed by atoms with van der Waals surface area (Å²) in [5.41, 5.74) is 0.568. The number of thiazole rings is 1. The molecule has 0 aliphatic carbocycles. The van der Waals surface area contributed by atoms with Gasteiger partial charge in [-0.15, -0.1) is 11.3 Å². The minimum Gasteiger partial charge on any atom is -0.396 e. The molecule has 14 heavy (non-hydrogen) atoms. The molecule has 0 radical (unpaired) electrons. The fourth-order valence-electron chi connectivity index (χ4n) is 1.38. The van der Waals surface area contributed by atoms with E-state index in [-0.39, 0.29) is 13.2 Å². The lowest BCUT2D eigenvalue weighted by atomic mass is 9.82. The molecule has 0 saturated heterocycles. The third kappa shape index (κ3) is 2.53. The topological polar surface area (TPSA) is 53.4 Å². The second-order valence-electron chi connectivity index (χ2n) is 3.70. The minimum atomic E-state index is -0.402. The van der Waals surface area contributed by atoms with Crippen LogP contribution in [0.4, 0.5) is 0 Å². The Morgan fingerprint density at radius 3 is 2.43 bits per heavy atom. The van der Waals surface area contributed by atoms with Gasteiger partial charge in [-0.3, -0.25) is 0 Å². The molecule has 4 heteroatoms. The van der Waals surface area contributed by atoms with E-state index in [0.29, 0.717) is 6.42 Å². The molecule has 1 heterocycles. The molecule has 0 amide bonds. The second-order valence-corrected chi connectivity index (χ2v) is 4.77. The van der Waals surface area contributed by atoms with Gasteiger partial charge in [-0.2, -0.15) is 0 Å². The minimum absolute atomic E-state index is 0.0105. The van der Waals surface area contributed by atoms with Crippen LogP contribution < -0.4 is 0 Å². The molecule has 0 spiro atoms. The van der Waals surface area contributed by atoms with E-state index in [2.05, 4.69) is 4.98 Å². The predicted octanol–water partition coefficient (Wildman–Crippen LogP) is 1.38. The first-order valence-electron chi connectivity index (χ1n) is 4.78. The number of aromatic nitrogens is 1. The number of nitrogens with zero attached hydrogens (tertiary/aromatic N) is 1. The van der Waals surface area contributed by atoms with Crippen molar-refractivity contribution in [2.24, 2.45) is 5.41 Å². The summed E-state index contributed by atoms with van der Waals surface area (Å²) in [7, 11) is 0. The standard InChI is InChI=1S/C10H17NO2S/c1-3-10(6-12,7-13)4-9-5-14-8(2)11-9/h5,12-13H,3-4,6-7H2,1-2H3. The van der Waals surface area contributed by atoms with Gasteiger partial charge in [-0.1, -0.05) is 6.92 Å². The fourth-order valence-corrected chi connectivity index (χ4v) is 2.00. The quantitative estimate of drug-likeness (QED) is 0.780. The Balaban J connectivity index is 2.73. The number of hydrogen-bond acceptors (Lipinski definition) is 4. The highest BCUT2D eigenvalue weighted by molar-refractivity contribution is 7.09. The molecule has 0 atom stereocenters. The first-order valence-corrected chi connectivity index (χ1v) is 5.66. The van der Waals surface area contributed by atoms with E-state index in [0.717, 1.165) is 17.1 Å². The SMILES string of the molecule is CCC(CO)(CO)Cc1csc(C)n1. The average Bonchev–Trinajstić information content (AvgIpc) is 2.61. The monoisotopic (exact) mass is 215 g/mol. The molecular weight excluding hydrogens is 198 g/mol. The van der Waals surface area contributed by atoms with Crippen LogP contribution in [0.1, 0.15) is 24.0 Å². The molecule has 1 rings (SSSR count). The Bertz CT molecular complexity index is 273. The molecule has 0 aliphatic heterocycles. The van der Waals surface area contributed by atoms with Crippen molar-refractivity contribution in [1.29, 1.82) is 0 Å². The molecule has 0 bridgehead atoms. The zero-order valence-corrected chi connectivity index (χ0v) is 9.47. The Morgan fingerprint density at radius 1 is 1.43 bits per heavy atom. The highest BCUT2D eigenvalue weighted by Crippen LogP contribution is 2.26. The number of aliphatic hydroxyl groups is 2. The summed E-state index contributed by atoms with van der Waals surface area (Å²) in [6.07, 6.45) is 1.41. The van der Waals surface area contributed by atoms with Crippen LogP contribution in [0.15, 0.2) is 5.38 Å². The lowest BCUT2D eigenvalue weighted by Gasteiger charge is -2.27. The van der Waals surface area contributed by atoms with Crippen LogP contribution in [0.2, 0.25) is 0 Å². The summed E-state index contributed by atoms with van der Waals surface area (Å²) < 4.78 is 0. The lowest BCUT2D eigenvalue weighted by Crippen LogP contribution is -2.31. The highest BCUT2D eigenvalue weighted by Gasteiger charge is 2.27. The molecule has 1 aromatic heterocycles. The Hall–Kier alpha value is -0.450. The molecule has 0 unspecified atom stereocenters. The van der Waals surface area contributed by atoms with E-state index in [1.807, 2.05) is 19.2 Å². The number of aliphatic hydroxyl groups excluding tert-OH is 2. The number of rotatable bonds is 5. The van der Waals surface area contributed by atoms with Crippen molar-refractivity contribution in [2.45, 2.75) is 26.7 Å². The largest absolute Gasteiger partial charge is 0.396 e. The van der Waals surface area contributed by atoms with Crippen LogP contribution in [0.25, 0.3) is 0 Å². The van der Waals surface area contributed by atoms with Gasteiger partial charge >= 0.3 is 0 Å². The van der Waals surface area contributed by atoms with Crippen molar-refractivity contribution < 1.29 is 10.2 Å².